The van der Waals surface area contributed by atoms with E-state index in [1.165, 1.54) is 51.5 Å². The first-order valence-corrected chi connectivity index (χ1v) is 10.5. The van der Waals surface area contributed by atoms with E-state index in [9.17, 15) is 0 Å². The Bertz CT molecular complexity index is 222. The molecule has 2 rings (SSSR count). The Labute approximate surface area is 135 Å². The van der Waals surface area contributed by atoms with Crippen LogP contribution in [0.1, 0.15) is 44.9 Å². The normalized spacial score (nSPS) is 28.8. The van der Waals surface area contributed by atoms with Crippen molar-refractivity contribution in [3.05, 3.63) is 0 Å². The Hall–Kier alpha value is 1.53. The van der Waals surface area contributed by atoms with Gasteiger partial charge in [0, 0.05) is 17.0 Å². The summed E-state index contributed by atoms with van der Waals surface area (Å²) >= 11 is 0. The number of hydrogen-bond acceptors (Lipinski definition) is 4. The molecule has 2 aliphatic rings. The van der Waals surface area contributed by atoms with E-state index in [1.54, 1.807) is 0 Å². The molecule has 0 aliphatic heterocycles. The smallest absolute Gasteiger partial charge is 0.309 e. The molecule has 0 spiro atoms. The van der Waals surface area contributed by atoms with Gasteiger partial charge >= 0.3 is 17.1 Å². The average Bonchev–Trinajstić information content (AvgIpc) is 2.90. The molecule has 18 heavy (non-hydrogen) atoms. The molecular weight excluding hydrogens is 322 g/mol. The maximum Gasteiger partial charge on any atom is 2.00 e. The van der Waals surface area contributed by atoms with E-state index in [2.05, 4.69) is 50.4 Å². The SMILES string of the molecule is CN(C)CC1CCCC1SSSC1CCCC1.[Fe+2]. The van der Waals surface area contributed by atoms with Crippen molar-refractivity contribution in [1.82, 2.24) is 4.90 Å². The van der Waals surface area contributed by atoms with Crippen LogP contribution in [-0.2, 0) is 17.1 Å². The minimum Gasteiger partial charge on any atom is -0.309 e. The first-order valence-electron chi connectivity index (χ1n) is 6.89. The molecule has 0 aromatic rings. The van der Waals surface area contributed by atoms with Crippen LogP contribution >= 0.6 is 31.4 Å². The maximum atomic E-state index is 2.36. The topological polar surface area (TPSA) is 3.24 Å². The van der Waals surface area contributed by atoms with Crippen molar-refractivity contribution in [2.24, 2.45) is 5.92 Å². The van der Waals surface area contributed by atoms with Crippen molar-refractivity contribution in [2.45, 2.75) is 55.4 Å². The third kappa shape index (κ3) is 5.88. The second-order valence-electron chi connectivity index (χ2n) is 5.66. The monoisotopic (exact) mass is 347 g/mol. The van der Waals surface area contributed by atoms with Crippen molar-refractivity contribution < 1.29 is 17.1 Å². The zero-order valence-electron chi connectivity index (χ0n) is 11.4. The molecule has 2 fully saturated rings. The summed E-state index contributed by atoms with van der Waals surface area (Å²) in [5.74, 6) is 0.937. The van der Waals surface area contributed by atoms with Crippen LogP contribution < -0.4 is 0 Å². The second-order valence-corrected chi connectivity index (χ2v) is 10.2. The summed E-state index contributed by atoms with van der Waals surface area (Å²) in [6, 6.07) is 0. The quantitative estimate of drug-likeness (QED) is 0.506. The largest absolute Gasteiger partial charge is 2.00 e. The van der Waals surface area contributed by atoms with E-state index in [4.69, 9.17) is 0 Å². The molecule has 0 bridgehead atoms. The second kappa shape index (κ2) is 9.46. The fourth-order valence-electron chi connectivity index (χ4n) is 2.92. The third-order valence-electron chi connectivity index (χ3n) is 3.83. The summed E-state index contributed by atoms with van der Waals surface area (Å²) in [5, 5.41) is 1.87. The number of hydrogen-bond donors (Lipinski definition) is 0. The molecule has 1 nitrogen and oxygen atoms in total. The molecule has 0 saturated heterocycles. The summed E-state index contributed by atoms with van der Waals surface area (Å²) in [6.45, 7) is 1.28. The van der Waals surface area contributed by atoms with Crippen molar-refractivity contribution >= 4 is 31.4 Å². The molecule has 2 atom stereocenters. The summed E-state index contributed by atoms with van der Waals surface area (Å²) in [5.41, 5.74) is 0. The van der Waals surface area contributed by atoms with Gasteiger partial charge in [-0.25, -0.2) is 0 Å². The molecule has 2 unspecified atom stereocenters. The van der Waals surface area contributed by atoms with E-state index in [0.717, 1.165) is 16.4 Å². The van der Waals surface area contributed by atoms with Crippen LogP contribution in [0, 0.1) is 5.92 Å². The zero-order valence-corrected chi connectivity index (χ0v) is 15.0. The van der Waals surface area contributed by atoms with Crippen LogP contribution in [0.2, 0.25) is 0 Å². The predicted molar refractivity (Wildman–Crippen MR) is 84.7 cm³/mol. The van der Waals surface area contributed by atoms with Gasteiger partial charge in [0.25, 0.3) is 0 Å². The Kier molecular flexibility index (Phi) is 9.24. The van der Waals surface area contributed by atoms with E-state index >= 15 is 0 Å². The summed E-state index contributed by atoms with van der Waals surface area (Å²) in [4.78, 5) is 2.36. The van der Waals surface area contributed by atoms with Crippen LogP contribution in [0.4, 0.5) is 0 Å². The van der Waals surface area contributed by atoms with Crippen molar-refractivity contribution in [3.8, 4) is 0 Å². The van der Waals surface area contributed by atoms with Crippen LogP contribution in [0.25, 0.3) is 0 Å². The molecule has 0 aromatic heterocycles. The van der Waals surface area contributed by atoms with Gasteiger partial charge in [0.1, 0.15) is 0 Å². The van der Waals surface area contributed by atoms with Gasteiger partial charge in [-0.1, -0.05) is 40.9 Å². The summed E-state index contributed by atoms with van der Waals surface area (Å²) in [6.07, 6.45) is 10.2. The minimum absolute atomic E-state index is 0. The molecule has 0 heterocycles. The number of nitrogens with zero attached hydrogens (tertiary/aromatic N) is 1. The molecule has 0 amide bonds. The van der Waals surface area contributed by atoms with E-state index in [0.29, 0.717) is 0 Å². The van der Waals surface area contributed by atoms with Gasteiger partial charge in [0.15, 0.2) is 0 Å². The van der Waals surface area contributed by atoms with Crippen LogP contribution in [0.5, 0.6) is 0 Å². The standard InChI is InChI=1S/C13H25NS3.Fe/c1-14(2)10-11-6-5-9-13(11)16-17-15-12-7-3-4-8-12;/h11-13H,3-10H2,1-2H3;/q;+2. The van der Waals surface area contributed by atoms with Crippen molar-refractivity contribution in [3.63, 3.8) is 0 Å². The van der Waals surface area contributed by atoms with E-state index < -0.39 is 0 Å². The Morgan fingerprint density at radius 2 is 1.67 bits per heavy atom. The molecule has 2 aliphatic carbocycles. The van der Waals surface area contributed by atoms with E-state index in [1.807, 2.05) is 0 Å². The summed E-state index contributed by atoms with van der Waals surface area (Å²) in [7, 11) is 10.8. The van der Waals surface area contributed by atoms with Gasteiger partial charge in [-0.05, 0) is 55.5 Å². The summed E-state index contributed by atoms with van der Waals surface area (Å²) < 4.78 is 0. The Balaban J connectivity index is 0.00000162. The van der Waals surface area contributed by atoms with Gasteiger partial charge < -0.3 is 4.90 Å². The van der Waals surface area contributed by atoms with Crippen LogP contribution in [0.3, 0.4) is 0 Å². The van der Waals surface area contributed by atoms with Gasteiger partial charge in [0.2, 0.25) is 0 Å². The fourth-order valence-corrected chi connectivity index (χ4v) is 8.77. The van der Waals surface area contributed by atoms with Crippen molar-refractivity contribution in [1.29, 1.82) is 0 Å². The number of rotatable bonds is 6. The van der Waals surface area contributed by atoms with Gasteiger partial charge in [-0.15, -0.1) is 0 Å². The van der Waals surface area contributed by atoms with Crippen LogP contribution in [0.15, 0.2) is 0 Å². The maximum absolute atomic E-state index is 2.36. The van der Waals surface area contributed by atoms with Crippen LogP contribution in [-0.4, -0.2) is 36.0 Å². The Morgan fingerprint density at radius 1 is 0.944 bits per heavy atom. The molecule has 5 heteroatoms. The average molecular weight is 347 g/mol. The van der Waals surface area contributed by atoms with Gasteiger partial charge in [-0.3, -0.25) is 0 Å². The van der Waals surface area contributed by atoms with Gasteiger partial charge in [0.05, 0.1) is 0 Å². The predicted octanol–water partition coefficient (Wildman–Crippen LogP) is 4.69. The molecule has 0 radical (unpaired) electrons. The van der Waals surface area contributed by atoms with E-state index in [-0.39, 0.29) is 17.1 Å². The molecular formula is C13H25FeNS3+2. The third-order valence-corrected chi connectivity index (χ3v) is 9.04. The first kappa shape index (κ1) is 17.6. The first-order chi connectivity index (χ1) is 8.25. The molecule has 0 aromatic carbocycles. The molecule has 106 valence electrons. The zero-order chi connectivity index (χ0) is 12.1. The minimum atomic E-state index is 0. The fraction of sp³-hybridized carbons (Fsp3) is 1.00. The molecule has 2 saturated carbocycles. The Morgan fingerprint density at radius 3 is 2.33 bits per heavy atom. The van der Waals surface area contributed by atoms with Gasteiger partial charge in [-0.2, -0.15) is 0 Å². The van der Waals surface area contributed by atoms with Crippen molar-refractivity contribution in [2.75, 3.05) is 20.6 Å². The molecule has 0 N–H and O–H groups in total.